The van der Waals surface area contributed by atoms with Crippen LogP contribution < -0.4 is 11.5 Å². The fourth-order valence-corrected chi connectivity index (χ4v) is 5.19. The highest BCUT2D eigenvalue weighted by atomic mass is 32.2. The second kappa shape index (κ2) is 10.6. The summed E-state index contributed by atoms with van der Waals surface area (Å²) in [5, 5.41) is 0. The first-order valence-corrected chi connectivity index (χ1v) is 11.5. The van der Waals surface area contributed by atoms with Gasteiger partial charge in [0.05, 0.1) is 11.4 Å². The molecule has 2 atom stereocenters. The van der Waals surface area contributed by atoms with Crippen LogP contribution in [0.2, 0.25) is 0 Å². The van der Waals surface area contributed by atoms with Crippen LogP contribution in [0, 0.1) is 6.92 Å². The van der Waals surface area contributed by atoms with Gasteiger partial charge >= 0.3 is 0 Å². The fourth-order valence-electron chi connectivity index (χ4n) is 3.61. The Balaban J connectivity index is 2.47. The van der Waals surface area contributed by atoms with E-state index < -0.39 is 33.9 Å². The quantitative estimate of drug-likeness (QED) is 0.391. The molecule has 1 aliphatic rings. The molecule has 10 heteroatoms. The maximum absolute atomic E-state index is 13.4. The van der Waals surface area contributed by atoms with E-state index in [9.17, 15) is 22.8 Å². The summed E-state index contributed by atoms with van der Waals surface area (Å²) in [7, 11) is -4.31. The van der Waals surface area contributed by atoms with E-state index in [2.05, 4.69) is 0 Å². The third-order valence-electron chi connectivity index (χ3n) is 5.24. The zero-order valence-corrected chi connectivity index (χ0v) is 18.0. The number of carbonyl (C=O) groups is 3. The summed E-state index contributed by atoms with van der Waals surface area (Å²) in [5.41, 5.74) is 11.8. The summed E-state index contributed by atoms with van der Waals surface area (Å²) in [4.78, 5) is 38.7. The summed E-state index contributed by atoms with van der Waals surface area (Å²) in [5.74, 6) is -1.20. The SMILES string of the molecule is Cc1ccc(S(=O)(=O)N(C(=O)[C@@H]2CCCN2C(=O)CN)[C@H](C=O)CCCCN)cc1. The number of carbonyl (C=O) groups excluding carboxylic acids is 3. The zero-order chi connectivity index (χ0) is 22.3. The molecule has 1 saturated heterocycles. The summed E-state index contributed by atoms with van der Waals surface area (Å²) < 4.78 is 27.5. The average molecular weight is 439 g/mol. The van der Waals surface area contributed by atoms with Crippen molar-refractivity contribution in [2.45, 2.75) is 56.0 Å². The molecule has 1 fully saturated rings. The second-order valence-electron chi connectivity index (χ2n) is 7.39. The number of nitrogens with zero attached hydrogens (tertiary/aromatic N) is 2. The van der Waals surface area contributed by atoms with Gasteiger partial charge in [0.15, 0.2) is 0 Å². The number of amides is 2. The predicted molar refractivity (Wildman–Crippen MR) is 112 cm³/mol. The smallest absolute Gasteiger partial charge is 0.267 e. The normalized spacial score (nSPS) is 17.6. The number of aryl methyl sites for hydroxylation is 1. The first-order chi connectivity index (χ1) is 14.3. The minimum atomic E-state index is -4.31. The van der Waals surface area contributed by atoms with Crippen LogP contribution in [0.4, 0.5) is 0 Å². The number of sulfonamides is 1. The van der Waals surface area contributed by atoms with Gasteiger partial charge in [0.25, 0.3) is 15.9 Å². The van der Waals surface area contributed by atoms with Crippen LogP contribution in [-0.4, -0.2) is 67.4 Å². The minimum absolute atomic E-state index is 0.0816. The van der Waals surface area contributed by atoms with E-state index in [1.54, 1.807) is 12.1 Å². The maximum Gasteiger partial charge on any atom is 0.267 e. The van der Waals surface area contributed by atoms with Crippen LogP contribution in [0.15, 0.2) is 29.2 Å². The van der Waals surface area contributed by atoms with Crippen molar-refractivity contribution in [1.82, 2.24) is 9.21 Å². The molecule has 0 aliphatic carbocycles. The highest BCUT2D eigenvalue weighted by molar-refractivity contribution is 7.89. The number of rotatable bonds is 10. The van der Waals surface area contributed by atoms with Crippen LogP contribution in [-0.2, 0) is 24.4 Å². The van der Waals surface area contributed by atoms with Gasteiger partial charge < -0.3 is 21.2 Å². The van der Waals surface area contributed by atoms with Crippen molar-refractivity contribution >= 4 is 28.1 Å². The molecule has 0 bridgehead atoms. The second-order valence-corrected chi connectivity index (χ2v) is 9.20. The topological polar surface area (TPSA) is 144 Å². The first-order valence-electron chi connectivity index (χ1n) is 10.1. The Bertz CT molecular complexity index is 856. The number of likely N-dealkylation sites (tertiary alicyclic amines) is 1. The van der Waals surface area contributed by atoms with Crippen LogP contribution in [0.25, 0.3) is 0 Å². The molecule has 0 spiro atoms. The molecule has 0 saturated carbocycles. The Morgan fingerprint density at radius 3 is 2.47 bits per heavy atom. The van der Waals surface area contributed by atoms with E-state index in [0.717, 1.165) is 5.56 Å². The van der Waals surface area contributed by atoms with Crippen LogP contribution in [0.5, 0.6) is 0 Å². The van der Waals surface area contributed by atoms with E-state index in [0.29, 0.717) is 49.4 Å². The third-order valence-corrected chi connectivity index (χ3v) is 7.08. The molecular formula is C20H30N4O5S. The van der Waals surface area contributed by atoms with Crippen molar-refractivity contribution in [2.75, 3.05) is 19.6 Å². The summed E-state index contributed by atoms with van der Waals surface area (Å²) in [6, 6.07) is 3.93. The average Bonchev–Trinajstić information content (AvgIpc) is 3.22. The van der Waals surface area contributed by atoms with Gasteiger partial charge in [-0.05, 0) is 57.7 Å². The number of hydrogen-bond donors (Lipinski definition) is 2. The van der Waals surface area contributed by atoms with E-state index in [1.807, 2.05) is 6.92 Å². The molecule has 4 N–H and O–H groups in total. The van der Waals surface area contributed by atoms with E-state index in [-0.39, 0.29) is 17.9 Å². The van der Waals surface area contributed by atoms with Crippen molar-refractivity contribution in [3.05, 3.63) is 29.8 Å². The standard InChI is InChI=1S/C20H30N4O5S/c1-15-7-9-17(10-8-15)30(28,29)24(16(14-25)5-2-3-11-21)20(27)18-6-4-12-23(18)19(26)13-22/h7-10,14,16,18H,2-6,11-13,21-22H2,1H3/t16-,18-/m0/s1. The van der Waals surface area contributed by atoms with Gasteiger partial charge in [-0.2, -0.15) is 0 Å². The molecule has 0 aromatic heterocycles. The molecule has 1 aromatic rings. The van der Waals surface area contributed by atoms with Crippen molar-refractivity contribution in [3.8, 4) is 0 Å². The van der Waals surface area contributed by atoms with Crippen LogP contribution >= 0.6 is 0 Å². The van der Waals surface area contributed by atoms with E-state index in [1.165, 1.54) is 17.0 Å². The minimum Gasteiger partial charge on any atom is -0.330 e. The molecule has 166 valence electrons. The van der Waals surface area contributed by atoms with E-state index in [4.69, 9.17) is 11.5 Å². The van der Waals surface area contributed by atoms with Gasteiger partial charge in [-0.1, -0.05) is 17.7 Å². The Kier molecular flexibility index (Phi) is 8.51. The molecular weight excluding hydrogens is 408 g/mol. The highest BCUT2D eigenvalue weighted by Crippen LogP contribution is 2.26. The van der Waals surface area contributed by atoms with Crippen LogP contribution in [0.1, 0.15) is 37.7 Å². The molecule has 2 rings (SSSR count). The molecule has 1 aromatic carbocycles. The third kappa shape index (κ3) is 5.24. The molecule has 9 nitrogen and oxygen atoms in total. The summed E-state index contributed by atoms with van der Waals surface area (Å²) in [6.07, 6.45) is 2.60. The summed E-state index contributed by atoms with van der Waals surface area (Å²) >= 11 is 0. The lowest BCUT2D eigenvalue weighted by Crippen LogP contribution is -2.54. The lowest BCUT2D eigenvalue weighted by atomic mass is 10.1. The zero-order valence-electron chi connectivity index (χ0n) is 17.2. The van der Waals surface area contributed by atoms with Gasteiger partial charge in [0, 0.05) is 6.54 Å². The Hall–Kier alpha value is -2.30. The van der Waals surface area contributed by atoms with Gasteiger partial charge in [-0.25, -0.2) is 12.7 Å². The van der Waals surface area contributed by atoms with Gasteiger partial charge in [-0.3, -0.25) is 9.59 Å². The summed E-state index contributed by atoms with van der Waals surface area (Å²) in [6.45, 7) is 2.26. The molecule has 1 heterocycles. The van der Waals surface area contributed by atoms with Gasteiger partial charge in [0.2, 0.25) is 5.91 Å². The predicted octanol–water partition coefficient (Wildman–Crippen LogP) is 0.159. The van der Waals surface area contributed by atoms with Gasteiger partial charge in [-0.15, -0.1) is 0 Å². The van der Waals surface area contributed by atoms with Crippen molar-refractivity contribution in [3.63, 3.8) is 0 Å². The molecule has 2 amide bonds. The number of benzene rings is 1. The van der Waals surface area contributed by atoms with Crippen LogP contribution in [0.3, 0.4) is 0 Å². The lowest BCUT2D eigenvalue weighted by Gasteiger charge is -2.33. The Morgan fingerprint density at radius 1 is 1.23 bits per heavy atom. The Labute approximate surface area is 177 Å². The first kappa shape index (κ1) is 24.0. The molecule has 30 heavy (non-hydrogen) atoms. The van der Waals surface area contributed by atoms with Gasteiger partial charge in [0.1, 0.15) is 18.4 Å². The maximum atomic E-state index is 13.4. The van der Waals surface area contributed by atoms with Crippen molar-refractivity contribution in [2.24, 2.45) is 11.5 Å². The number of unbranched alkanes of at least 4 members (excludes halogenated alkanes) is 1. The largest absolute Gasteiger partial charge is 0.330 e. The van der Waals surface area contributed by atoms with E-state index >= 15 is 0 Å². The van der Waals surface area contributed by atoms with Crippen molar-refractivity contribution < 1.29 is 22.8 Å². The fraction of sp³-hybridized carbons (Fsp3) is 0.550. The lowest BCUT2D eigenvalue weighted by molar-refractivity contribution is -0.141. The number of aldehydes is 1. The number of nitrogens with two attached hydrogens (primary N) is 2. The highest BCUT2D eigenvalue weighted by Gasteiger charge is 2.43. The Morgan fingerprint density at radius 2 is 1.90 bits per heavy atom. The molecule has 1 aliphatic heterocycles. The molecule has 0 unspecified atom stereocenters. The number of hydrogen-bond acceptors (Lipinski definition) is 7. The van der Waals surface area contributed by atoms with Crippen molar-refractivity contribution in [1.29, 1.82) is 0 Å². The monoisotopic (exact) mass is 438 g/mol. The molecule has 0 radical (unpaired) electrons.